The second-order valence-electron chi connectivity index (χ2n) is 2.08. The zero-order valence-electron chi connectivity index (χ0n) is 5.39. The molecule has 0 aliphatic rings. The maximum absolute atomic E-state index is 3.08. The van der Waals surface area contributed by atoms with Crippen molar-refractivity contribution in [2.75, 3.05) is 0 Å². The summed E-state index contributed by atoms with van der Waals surface area (Å²) in [6.07, 6.45) is 3.75. The highest BCUT2D eigenvalue weighted by Crippen LogP contribution is 2.11. The first-order chi connectivity index (χ1) is 4.97. The molecule has 0 aromatic carbocycles. The monoisotopic (exact) mass is 131 g/mol. The first-order valence-electron chi connectivity index (χ1n) is 3.15. The van der Waals surface area contributed by atoms with Gasteiger partial charge >= 0.3 is 0 Å². The summed E-state index contributed by atoms with van der Waals surface area (Å²) in [7, 11) is 0. The van der Waals surface area contributed by atoms with Gasteiger partial charge in [-0.3, -0.25) is 0 Å². The van der Waals surface area contributed by atoms with E-state index in [0.717, 1.165) is 11.4 Å². The number of rotatable bonds is 1. The minimum atomic E-state index is 1.00. The Bertz CT molecular complexity index is 247. The second kappa shape index (κ2) is 2.06. The molecule has 2 rings (SSSR count). The van der Waals surface area contributed by atoms with E-state index in [9.17, 15) is 0 Å². The van der Waals surface area contributed by atoms with E-state index in [4.69, 9.17) is 0 Å². The fraction of sp³-hybridized carbons (Fsp3) is 0. The molecule has 0 bridgehead atoms. The highest BCUT2D eigenvalue weighted by Gasteiger charge is 1.95. The van der Waals surface area contributed by atoms with Crippen molar-refractivity contribution >= 4 is 0 Å². The molecule has 1 radical (unpaired) electrons. The third-order valence-corrected chi connectivity index (χ3v) is 1.41. The largest absolute Gasteiger partial charge is 0.360 e. The van der Waals surface area contributed by atoms with Gasteiger partial charge in [0.05, 0.1) is 11.4 Å². The molecular formula is C8H7N2. The van der Waals surface area contributed by atoms with Gasteiger partial charge in [-0.05, 0) is 18.2 Å². The van der Waals surface area contributed by atoms with E-state index in [1.54, 1.807) is 0 Å². The Morgan fingerprint density at radius 3 is 2.80 bits per heavy atom. The molecular weight excluding hydrogens is 124 g/mol. The molecule has 0 spiro atoms. The first kappa shape index (κ1) is 5.35. The predicted molar refractivity (Wildman–Crippen MR) is 39.4 cm³/mol. The van der Waals surface area contributed by atoms with E-state index in [-0.39, 0.29) is 0 Å². The zero-order valence-corrected chi connectivity index (χ0v) is 5.39. The van der Waals surface area contributed by atoms with Crippen LogP contribution < -0.4 is 0 Å². The number of hydrogen-bond donors (Lipinski definition) is 2. The molecule has 0 aliphatic carbocycles. The van der Waals surface area contributed by atoms with Crippen LogP contribution in [-0.2, 0) is 0 Å². The van der Waals surface area contributed by atoms with Crippen LogP contribution in [0.15, 0.2) is 30.6 Å². The van der Waals surface area contributed by atoms with Gasteiger partial charge in [-0.2, -0.15) is 0 Å². The zero-order chi connectivity index (χ0) is 6.81. The summed E-state index contributed by atoms with van der Waals surface area (Å²) in [5.41, 5.74) is 2.08. The van der Waals surface area contributed by atoms with Crippen LogP contribution in [0.25, 0.3) is 11.4 Å². The third-order valence-electron chi connectivity index (χ3n) is 1.41. The van der Waals surface area contributed by atoms with E-state index in [1.165, 1.54) is 0 Å². The highest BCUT2D eigenvalue weighted by molar-refractivity contribution is 5.52. The average molecular weight is 131 g/mol. The third kappa shape index (κ3) is 0.739. The van der Waals surface area contributed by atoms with Gasteiger partial charge in [0.15, 0.2) is 0 Å². The Morgan fingerprint density at radius 1 is 1.20 bits per heavy atom. The van der Waals surface area contributed by atoms with Crippen molar-refractivity contribution in [1.29, 1.82) is 0 Å². The van der Waals surface area contributed by atoms with Crippen LogP contribution in [0.4, 0.5) is 0 Å². The molecule has 2 aromatic heterocycles. The number of hydrogen-bond acceptors (Lipinski definition) is 0. The molecule has 0 fully saturated rings. The molecule has 0 aliphatic heterocycles. The topological polar surface area (TPSA) is 31.6 Å². The van der Waals surface area contributed by atoms with Gasteiger partial charge in [-0.25, -0.2) is 0 Å². The Kier molecular flexibility index (Phi) is 1.10. The Labute approximate surface area is 58.9 Å². The SMILES string of the molecule is [c]1cc[nH]c1-c1ccc[nH]1. The van der Waals surface area contributed by atoms with Crippen LogP contribution in [0.5, 0.6) is 0 Å². The maximum Gasteiger partial charge on any atom is 0.0699 e. The summed E-state index contributed by atoms with van der Waals surface area (Å²) in [5.74, 6) is 0. The summed E-state index contributed by atoms with van der Waals surface area (Å²) >= 11 is 0. The van der Waals surface area contributed by atoms with Crippen molar-refractivity contribution in [2.45, 2.75) is 0 Å². The van der Waals surface area contributed by atoms with Crippen LogP contribution in [-0.4, -0.2) is 9.97 Å². The Hall–Kier alpha value is -1.44. The van der Waals surface area contributed by atoms with Gasteiger partial charge in [0, 0.05) is 18.5 Å². The van der Waals surface area contributed by atoms with Gasteiger partial charge in [-0.1, -0.05) is 0 Å². The first-order valence-corrected chi connectivity index (χ1v) is 3.15. The van der Waals surface area contributed by atoms with Gasteiger partial charge in [0.25, 0.3) is 0 Å². The van der Waals surface area contributed by atoms with Crippen molar-refractivity contribution in [3.8, 4) is 11.4 Å². The number of H-pyrrole nitrogens is 2. The molecule has 2 heterocycles. The summed E-state index contributed by atoms with van der Waals surface area (Å²) in [4.78, 5) is 6.13. The molecule has 0 saturated heterocycles. The summed E-state index contributed by atoms with van der Waals surface area (Å²) in [6, 6.07) is 8.87. The normalized spacial score (nSPS) is 10.0. The lowest BCUT2D eigenvalue weighted by Crippen LogP contribution is -1.73. The van der Waals surface area contributed by atoms with E-state index in [2.05, 4.69) is 16.0 Å². The van der Waals surface area contributed by atoms with Gasteiger partial charge in [0.2, 0.25) is 0 Å². The quantitative estimate of drug-likeness (QED) is 0.591. The van der Waals surface area contributed by atoms with Crippen LogP contribution in [0.3, 0.4) is 0 Å². The van der Waals surface area contributed by atoms with Crippen molar-refractivity contribution in [1.82, 2.24) is 9.97 Å². The lowest BCUT2D eigenvalue weighted by atomic mass is 10.3. The molecule has 0 saturated carbocycles. The lowest BCUT2D eigenvalue weighted by Gasteiger charge is -1.88. The number of nitrogens with one attached hydrogen (secondary N) is 2. The minimum absolute atomic E-state index is 1.00. The van der Waals surface area contributed by atoms with E-state index >= 15 is 0 Å². The molecule has 2 aromatic rings. The van der Waals surface area contributed by atoms with Crippen LogP contribution >= 0.6 is 0 Å². The van der Waals surface area contributed by atoms with Gasteiger partial charge in [-0.15, -0.1) is 0 Å². The molecule has 49 valence electrons. The van der Waals surface area contributed by atoms with Crippen molar-refractivity contribution in [3.63, 3.8) is 0 Å². The molecule has 2 heteroatoms. The molecule has 0 atom stereocenters. The lowest BCUT2D eigenvalue weighted by molar-refractivity contribution is 1.33. The second-order valence-corrected chi connectivity index (χ2v) is 2.08. The fourth-order valence-corrected chi connectivity index (χ4v) is 0.933. The van der Waals surface area contributed by atoms with Crippen molar-refractivity contribution in [2.24, 2.45) is 0 Å². The number of aromatic amines is 2. The van der Waals surface area contributed by atoms with Crippen molar-refractivity contribution in [3.05, 3.63) is 36.7 Å². The minimum Gasteiger partial charge on any atom is -0.360 e. The van der Waals surface area contributed by atoms with Gasteiger partial charge in [0.1, 0.15) is 0 Å². The van der Waals surface area contributed by atoms with E-state index < -0.39 is 0 Å². The number of aromatic nitrogens is 2. The highest BCUT2D eigenvalue weighted by atomic mass is 14.8. The smallest absolute Gasteiger partial charge is 0.0699 e. The maximum atomic E-state index is 3.08. The fourth-order valence-electron chi connectivity index (χ4n) is 0.933. The van der Waals surface area contributed by atoms with Crippen molar-refractivity contribution < 1.29 is 0 Å². The van der Waals surface area contributed by atoms with Gasteiger partial charge < -0.3 is 9.97 Å². The Balaban J connectivity index is 2.48. The Morgan fingerprint density at radius 2 is 2.20 bits per heavy atom. The molecule has 2 nitrogen and oxygen atoms in total. The standard InChI is InChI=1S/C8H7N2/c1-3-7(9-5-1)8-4-2-6-10-8/h1-3,5-6,9-10H. The molecule has 2 N–H and O–H groups in total. The van der Waals surface area contributed by atoms with E-state index in [1.807, 2.05) is 30.6 Å². The molecule has 0 amide bonds. The summed E-state index contributed by atoms with van der Waals surface area (Å²) in [6.45, 7) is 0. The van der Waals surface area contributed by atoms with Crippen LogP contribution in [0.2, 0.25) is 0 Å². The summed E-state index contributed by atoms with van der Waals surface area (Å²) in [5, 5.41) is 0. The average Bonchev–Trinajstić information content (AvgIpc) is 2.59. The molecule has 0 unspecified atom stereocenters. The predicted octanol–water partition coefficient (Wildman–Crippen LogP) is 1.81. The van der Waals surface area contributed by atoms with E-state index in [0.29, 0.717) is 0 Å². The summed E-state index contributed by atoms with van der Waals surface area (Å²) < 4.78 is 0. The van der Waals surface area contributed by atoms with Crippen LogP contribution in [0.1, 0.15) is 0 Å². The van der Waals surface area contributed by atoms with Crippen LogP contribution in [0, 0.1) is 6.07 Å². The molecule has 10 heavy (non-hydrogen) atoms.